The first-order valence-corrected chi connectivity index (χ1v) is 11.0. The minimum atomic E-state index is -0.272. The van der Waals surface area contributed by atoms with Crippen molar-refractivity contribution in [2.45, 2.75) is 38.1 Å². The number of aromatic nitrogens is 1. The lowest BCUT2D eigenvalue weighted by Gasteiger charge is -2.29. The van der Waals surface area contributed by atoms with Gasteiger partial charge < -0.3 is 10.2 Å². The Bertz CT molecular complexity index is 1060. The predicted molar refractivity (Wildman–Crippen MR) is 122 cm³/mol. The van der Waals surface area contributed by atoms with E-state index in [1.165, 1.54) is 18.3 Å². The molecule has 6 heteroatoms. The fourth-order valence-corrected chi connectivity index (χ4v) is 4.16. The molecule has 164 valence electrons. The largest absolute Gasteiger partial charge is 0.335 e. The summed E-state index contributed by atoms with van der Waals surface area (Å²) >= 11 is 0. The van der Waals surface area contributed by atoms with Crippen LogP contribution >= 0.6 is 0 Å². The van der Waals surface area contributed by atoms with Crippen LogP contribution < -0.4 is 5.32 Å². The second kappa shape index (κ2) is 10.2. The van der Waals surface area contributed by atoms with Crippen molar-refractivity contribution < 1.29 is 14.0 Å². The summed E-state index contributed by atoms with van der Waals surface area (Å²) in [5.74, 6) is -0.578. The highest BCUT2D eigenvalue weighted by Crippen LogP contribution is 2.26. The number of amides is 2. The molecule has 1 aromatic heterocycles. The van der Waals surface area contributed by atoms with Crippen molar-refractivity contribution in [3.05, 3.63) is 95.6 Å². The van der Waals surface area contributed by atoms with Gasteiger partial charge in [0, 0.05) is 36.2 Å². The molecular weight excluding hydrogens is 405 g/mol. The van der Waals surface area contributed by atoms with Crippen LogP contribution in [0.2, 0.25) is 0 Å². The average Bonchev–Trinajstić information content (AvgIpc) is 3.36. The van der Waals surface area contributed by atoms with Crippen LogP contribution in [0.5, 0.6) is 0 Å². The smallest absolute Gasteiger partial charge is 0.257 e. The number of halogens is 1. The van der Waals surface area contributed by atoms with Crippen molar-refractivity contribution >= 4 is 17.5 Å². The van der Waals surface area contributed by atoms with Crippen molar-refractivity contribution in [1.82, 2.24) is 9.88 Å². The minimum absolute atomic E-state index is 0.0449. The van der Waals surface area contributed by atoms with Gasteiger partial charge in [0.25, 0.3) is 11.8 Å². The molecule has 2 amide bonds. The molecule has 1 aliphatic rings. The average molecular weight is 432 g/mol. The van der Waals surface area contributed by atoms with E-state index in [4.69, 9.17) is 0 Å². The van der Waals surface area contributed by atoms with Gasteiger partial charge in [-0.05, 0) is 67.3 Å². The zero-order chi connectivity index (χ0) is 22.3. The monoisotopic (exact) mass is 431 g/mol. The van der Waals surface area contributed by atoms with E-state index in [2.05, 4.69) is 10.3 Å². The molecule has 3 aromatic rings. The summed E-state index contributed by atoms with van der Waals surface area (Å²) in [6, 6.07) is 17.1. The molecule has 0 radical (unpaired) electrons. The number of carbonyl (C=O) groups is 2. The van der Waals surface area contributed by atoms with E-state index in [1.54, 1.807) is 54.7 Å². The van der Waals surface area contributed by atoms with Crippen molar-refractivity contribution in [3.8, 4) is 0 Å². The Morgan fingerprint density at radius 2 is 1.75 bits per heavy atom. The van der Waals surface area contributed by atoms with Gasteiger partial charge in [-0.1, -0.05) is 31.0 Å². The van der Waals surface area contributed by atoms with Gasteiger partial charge in [-0.3, -0.25) is 14.6 Å². The van der Waals surface area contributed by atoms with Gasteiger partial charge in [0.05, 0.1) is 5.56 Å². The van der Waals surface area contributed by atoms with E-state index < -0.39 is 0 Å². The molecule has 1 N–H and O–H groups in total. The van der Waals surface area contributed by atoms with Gasteiger partial charge in [-0.2, -0.15) is 0 Å². The lowest BCUT2D eigenvalue weighted by molar-refractivity contribution is 0.0683. The summed E-state index contributed by atoms with van der Waals surface area (Å²) in [4.78, 5) is 31.8. The molecule has 0 aliphatic heterocycles. The molecular formula is C26H26FN3O2. The van der Waals surface area contributed by atoms with Crippen LogP contribution in [0.1, 0.15) is 52.0 Å². The number of rotatable bonds is 7. The molecule has 1 fully saturated rings. The molecule has 0 saturated heterocycles. The predicted octanol–water partition coefficient (Wildman–Crippen LogP) is 5.10. The summed E-state index contributed by atoms with van der Waals surface area (Å²) in [5, 5.41) is 2.84. The van der Waals surface area contributed by atoms with Crippen LogP contribution in [0.4, 0.5) is 10.1 Å². The number of hydrogen-bond donors (Lipinski definition) is 1. The summed E-state index contributed by atoms with van der Waals surface area (Å²) in [6.07, 6.45) is 8.00. The lowest BCUT2D eigenvalue weighted by atomic mass is 10.1. The van der Waals surface area contributed by atoms with E-state index in [9.17, 15) is 14.0 Å². The zero-order valence-corrected chi connectivity index (χ0v) is 17.8. The van der Waals surface area contributed by atoms with E-state index in [-0.39, 0.29) is 23.7 Å². The number of benzene rings is 2. The van der Waals surface area contributed by atoms with Gasteiger partial charge >= 0.3 is 0 Å². The number of nitrogens with zero attached hydrogens (tertiary/aromatic N) is 2. The van der Waals surface area contributed by atoms with Crippen LogP contribution in [0.3, 0.4) is 0 Å². The van der Waals surface area contributed by atoms with Gasteiger partial charge in [0.15, 0.2) is 0 Å². The third-order valence-corrected chi connectivity index (χ3v) is 5.87. The first-order valence-electron chi connectivity index (χ1n) is 11.0. The summed E-state index contributed by atoms with van der Waals surface area (Å²) in [6.45, 7) is 0.571. The quantitative estimate of drug-likeness (QED) is 0.566. The van der Waals surface area contributed by atoms with E-state index in [0.29, 0.717) is 29.8 Å². The molecule has 0 bridgehead atoms. The van der Waals surface area contributed by atoms with Crippen LogP contribution in [0.25, 0.3) is 0 Å². The maximum absolute atomic E-state index is 13.5. The Hall–Kier alpha value is -3.54. The van der Waals surface area contributed by atoms with Gasteiger partial charge in [-0.15, -0.1) is 0 Å². The van der Waals surface area contributed by atoms with Crippen molar-refractivity contribution in [2.24, 2.45) is 0 Å². The molecule has 0 unspecified atom stereocenters. The van der Waals surface area contributed by atoms with Gasteiger partial charge in [0.2, 0.25) is 0 Å². The normalized spacial score (nSPS) is 13.7. The highest BCUT2D eigenvalue weighted by Gasteiger charge is 2.27. The standard InChI is InChI=1S/C26H26FN3O2/c27-22-12-10-19(11-13-22)14-16-30(24-8-1-2-9-24)26(32)20-5-3-7-23(17-20)29-25(31)21-6-4-15-28-18-21/h3-7,10-13,15,17-18,24H,1-2,8-9,14,16H2,(H,29,31). The fraction of sp³-hybridized carbons (Fsp3) is 0.269. The number of hydrogen-bond acceptors (Lipinski definition) is 3. The summed E-state index contributed by atoms with van der Waals surface area (Å²) in [5.41, 5.74) is 2.56. The van der Waals surface area contributed by atoms with Crippen molar-refractivity contribution in [2.75, 3.05) is 11.9 Å². The van der Waals surface area contributed by atoms with Crippen LogP contribution in [-0.4, -0.2) is 34.3 Å². The van der Waals surface area contributed by atoms with Crippen molar-refractivity contribution in [1.29, 1.82) is 0 Å². The molecule has 4 rings (SSSR count). The number of anilines is 1. The topological polar surface area (TPSA) is 62.3 Å². The molecule has 32 heavy (non-hydrogen) atoms. The minimum Gasteiger partial charge on any atom is -0.335 e. The van der Waals surface area contributed by atoms with Gasteiger partial charge in [0.1, 0.15) is 5.82 Å². The first-order chi connectivity index (χ1) is 15.6. The molecule has 0 spiro atoms. The van der Waals surface area contributed by atoms with Gasteiger partial charge in [-0.25, -0.2) is 4.39 Å². The Morgan fingerprint density at radius 3 is 2.47 bits per heavy atom. The lowest BCUT2D eigenvalue weighted by Crippen LogP contribution is -2.40. The Balaban J connectivity index is 1.49. The highest BCUT2D eigenvalue weighted by molar-refractivity contribution is 6.05. The number of nitrogens with one attached hydrogen (secondary N) is 1. The maximum Gasteiger partial charge on any atom is 0.257 e. The highest BCUT2D eigenvalue weighted by atomic mass is 19.1. The second-order valence-corrected chi connectivity index (χ2v) is 8.09. The fourth-order valence-electron chi connectivity index (χ4n) is 4.16. The SMILES string of the molecule is O=C(Nc1cccc(C(=O)N(CCc2ccc(F)cc2)C2CCCC2)c1)c1cccnc1. The summed E-state index contributed by atoms with van der Waals surface area (Å²) in [7, 11) is 0. The second-order valence-electron chi connectivity index (χ2n) is 8.09. The Morgan fingerprint density at radius 1 is 1.00 bits per heavy atom. The van der Waals surface area contributed by atoms with E-state index >= 15 is 0 Å². The van der Waals surface area contributed by atoms with E-state index in [0.717, 1.165) is 31.2 Å². The molecule has 1 aliphatic carbocycles. The number of pyridine rings is 1. The molecule has 0 atom stereocenters. The van der Waals surface area contributed by atoms with Crippen LogP contribution in [-0.2, 0) is 6.42 Å². The van der Waals surface area contributed by atoms with Crippen LogP contribution in [0, 0.1) is 5.82 Å². The molecule has 2 aromatic carbocycles. The first kappa shape index (κ1) is 21.7. The third-order valence-electron chi connectivity index (χ3n) is 5.87. The zero-order valence-electron chi connectivity index (χ0n) is 17.8. The molecule has 1 saturated carbocycles. The third kappa shape index (κ3) is 5.38. The van der Waals surface area contributed by atoms with Crippen molar-refractivity contribution in [3.63, 3.8) is 0 Å². The van der Waals surface area contributed by atoms with E-state index in [1.807, 2.05) is 4.90 Å². The maximum atomic E-state index is 13.5. The molecule has 1 heterocycles. The Labute approximate surface area is 187 Å². The molecule has 5 nitrogen and oxygen atoms in total. The Kier molecular flexibility index (Phi) is 6.90. The number of carbonyl (C=O) groups excluding carboxylic acids is 2. The van der Waals surface area contributed by atoms with Crippen LogP contribution in [0.15, 0.2) is 73.1 Å². The summed E-state index contributed by atoms with van der Waals surface area (Å²) < 4.78 is 13.2.